The van der Waals surface area contributed by atoms with Crippen LogP contribution in [0.3, 0.4) is 0 Å². The third-order valence-corrected chi connectivity index (χ3v) is 4.76. The van der Waals surface area contributed by atoms with Gasteiger partial charge in [0.25, 0.3) is 0 Å². The molecule has 1 aromatic rings. The minimum absolute atomic E-state index is 0.114. The van der Waals surface area contributed by atoms with Crippen LogP contribution in [0.2, 0.25) is 0 Å². The Hall–Kier alpha value is -1.07. The lowest BCUT2D eigenvalue weighted by atomic mass is 9.95. The highest BCUT2D eigenvalue weighted by Crippen LogP contribution is 2.31. The van der Waals surface area contributed by atoms with Gasteiger partial charge in [0.2, 0.25) is 0 Å². The molecule has 1 fully saturated rings. The Bertz CT molecular complexity index is 521. The molecular formula is C14H21NO3S. The maximum atomic E-state index is 11.8. The van der Waals surface area contributed by atoms with Gasteiger partial charge < -0.3 is 0 Å². The minimum atomic E-state index is -4.22. The van der Waals surface area contributed by atoms with Gasteiger partial charge in [0, 0.05) is 6.04 Å². The van der Waals surface area contributed by atoms with E-state index in [0.29, 0.717) is 5.69 Å². The van der Waals surface area contributed by atoms with Crippen molar-refractivity contribution >= 4 is 16.0 Å². The van der Waals surface area contributed by atoms with Gasteiger partial charge in [-0.1, -0.05) is 44.4 Å². The van der Waals surface area contributed by atoms with Crippen LogP contribution in [0.1, 0.15) is 44.6 Å². The van der Waals surface area contributed by atoms with E-state index >= 15 is 0 Å². The van der Waals surface area contributed by atoms with Crippen LogP contribution in [-0.2, 0) is 16.7 Å². The predicted molar refractivity (Wildman–Crippen MR) is 76.7 cm³/mol. The summed E-state index contributed by atoms with van der Waals surface area (Å²) in [6.07, 6.45) is 5.56. The molecule has 0 heterocycles. The molecule has 106 valence electrons. The average Bonchev–Trinajstić information content (AvgIpc) is 2.39. The monoisotopic (exact) mass is 283 g/mol. The SMILES string of the molecule is CCc1ccccc1N(C1CCCCC1)S(=O)(=O)O. The first-order valence-electron chi connectivity index (χ1n) is 6.88. The molecule has 19 heavy (non-hydrogen) atoms. The molecule has 0 aliphatic heterocycles. The third kappa shape index (κ3) is 3.28. The Morgan fingerprint density at radius 1 is 1.21 bits per heavy atom. The van der Waals surface area contributed by atoms with Gasteiger partial charge in [-0.3, -0.25) is 4.55 Å². The van der Waals surface area contributed by atoms with Gasteiger partial charge in [-0.25, -0.2) is 4.31 Å². The molecule has 2 rings (SSSR count). The molecule has 1 N–H and O–H groups in total. The van der Waals surface area contributed by atoms with Crippen LogP contribution in [0.15, 0.2) is 24.3 Å². The summed E-state index contributed by atoms with van der Waals surface area (Å²) in [5.41, 5.74) is 1.57. The standard InChI is InChI=1S/C14H21NO3S/c1-2-12-8-6-7-11-14(12)15(19(16,17)18)13-9-4-3-5-10-13/h6-8,11,13H,2-5,9-10H2,1H3,(H,16,17,18). The molecule has 4 nitrogen and oxygen atoms in total. The van der Waals surface area contributed by atoms with Crippen LogP contribution in [0.25, 0.3) is 0 Å². The Morgan fingerprint density at radius 3 is 2.42 bits per heavy atom. The van der Waals surface area contributed by atoms with E-state index in [1.54, 1.807) is 6.07 Å². The van der Waals surface area contributed by atoms with Crippen LogP contribution in [0.4, 0.5) is 5.69 Å². The number of aryl methyl sites for hydroxylation is 1. The molecule has 0 atom stereocenters. The number of nitrogens with zero attached hydrogens (tertiary/aromatic N) is 1. The highest BCUT2D eigenvalue weighted by molar-refractivity contribution is 7.87. The number of para-hydroxylation sites is 1. The first-order chi connectivity index (χ1) is 9.04. The summed E-state index contributed by atoms with van der Waals surface area (Å²) in [5.74, 6) is 0. The van der Waals surface area contributed by atoms with Gasteiger partial charge >= 0.3 is 10.3 Å². The van der Waals surface area contributed by atoms with Crippen molar-refractivity contribution in [3.8, 4) is 0 Å². The van der Waals surface area contributed by atoms with E-state index < -0.39 is 10.3 Å². The third-order valence-electron chi connectivity index (χ3n) is 3.76. The van der Waals surface area contributed by atoms with E-state index in [-0.39, 0.29) is 6.04 Å². The fourth-order valence-electron chi connectivity index (χ4n) is 2.85. The number of benzene rings is 1. The van der Waals surface area contributed by atoms with E-state index in [1.807, 2.05) is 25.1 Å². The summed E-state index contributed by atoms with van der Waals surface area (Å²) in [4.78, 5) is 0. The fourth-order valence-corrected chi connectivity index (χ4v) is 3.86. The zero-order valence-electron chi connectivity index (χ0n) is 11.2. The average molecular weight is 283 g/mol. The van der Waals surface area contributed by atoms with Gasteiger partial charge in [-0.05, 0) is 30.9 Å². The van der Waals surface area contributed by atoms with Crippen LogP contribution >= 0.6 is 0 Å². The molecular weight excluding hydrogens is 262 g/mol. The summed E-state index contributed by atoms with van der Waals surface area (Å²) < 4.78 is 34.4. The van der Waals surface area contributed by atoms with Crippen LogP contribution in [-0.4, -0.2) is 19.0 Å². The van der Waals surface area contributed by atoms with E-state index in [2.05, 4.69) is 0 Å². The van der Waals surface area contributed by atoms with Gasteiger partial charge in [-0.15, -0.1) is 0 Å². The van der Waals surface area contributed by atoms with Crippen molar-refractivity contribution in [3.05, 3.63) is 29.8 Å². The summed E-state index contributed by atoms with van der Waals surface area (Å²) in [6.45, 7) is 1.99. The van der Waals surface area contributed by atoms with Crippen molar-refractivity contribution in [2.75, 3.05) is 4.31 Å². The van der Waals surface area contributed by atoms with Gasteiger partial charge in [0.05, 0.1) is 5.69 Å². The molecule has 1 saturated carbocycles. The Labute approximate surface area is 115 Å². The molecule has 0 unspecified atom stereocenters. The second kappa shape index (κ2) is 5.92. The summed E-state index contributed by atoms with van der Waals surface area (Å²) in [6, 6.07) is 7.29. The highest BCUT2D eigenvalue weighted by Gasteiger charge is 2.30. The van der Waals surface area contributed by atoms with Crippen LogP contribution in [0.5, 0.6) is 0 Å². The Balaban J connectivity index is 2.42. The highest BCUT2D eigenvalue weighted by atomic mass is 32.2. The second-order valence-corrected chi connectivity index (χ2v) is 6.34. The van der Waals surface area contributed by atoms with Crippen molar-refractivity contribution in [3.63, 3.8) is 0 Å². The molecule has 0 aromatic heterocycles. The fraction of sp³-hybridized carbons (Fsp3) is 0.571. The number of rotatable bonds is 4. The molecule has 0 spiro atoms. The van der Waals surface area contributed by atoms with E-state index in [1.165, 1.54) is 4.31 Å². The first-order valence-corrected chi connectivity index (χ1v) is 8.28. The maximum Gasteiger partial charge on any atom is 0.360 e. The number of hydrogen-bond acceptors (Lipinski definition) is 2. The lowest BCUT2D eigenvalue weighted by molar-refractivity contribution is 0.415. The molecule has 1 aromatic carbocycles. The largest absolute Gasteiger partial charge is 0.360 e. The molecule has 1 aliphatic carbocycles. The van der Waals surface area contributed by atoms with Crippen molar-refractivity contribution in [2.45, 2.75) is 51.5 Å². The number of hydrogen-bond donors (Lipinski definition) is 1. The zero-order chi connectivity index (χ0) is 13.9. The first kappa shape index (κ1) is 14.3. The smallest absolute Gasteiger partial charge is 0.269 e. The van der Waals surface area contributed by atoms with Crippen molar-refractivity contribution in [1.82, 2.24) is 0 Å². The topological polar surface area (TPSA) is 57.6 Å². The van der Waals surface area contributed by atoms with Gasteiger partial charge in [0.1, 0.15) is 0 Å². The van der Waals surface area contributed by atoms with Crippen molar-refractivity contribution < 1.29 is 13.0 Å². The Morgan fingerprint density at radius 2 is 1.84 bits per heavy atom. The maximum absolute atomic E-state index is 11.8. The predicted octanol–water partition coefficient (Wildman–Crippen LogP) is 3.19. The molecule has 0 bridgehead atoms. The zero-order valence-corrected chi connectivity index (χ0v) is 12.1. The number of anilines is 1. The van der Waals surface area contributed by atoms with E-state index in [0.717, 1.165) is 44.1 Å². The summed E-state index contributed by atoms with van der Waals surface area (Å²) in [7, 11) is -4.22. The van der Waals surface area contributed by atoms with Crippen molar-refractivity contribution in [1.29, 1.82) is 0 Å². The minimum Gasteiger partial charge on any atom is -0.269 e. The van der Waals surface area contributed by atoms with E-state index in [4.69, 9.17) is 0 Å². The quantitative estimate of drug-likeness (QED) is 0.863. The van der Waals surface area contributed by atoms with E-state index in [9.17, 15) is 13.0 Å². The van der Waals surface area contributed by atoms with Crippen LogP contribution in [0, 0.1) is 0 Å². The lowest BCUT2D eigenvalue weighted by Gasteiger charge is -2.34. The van der Waals surface area contributed by atoms with Crippen LogP contribution < -0.4 is 4.31 Å². The lowest BCUT2D eigenvalue weighted by Crippen LogP contribution is -2.41. The summed E-state index contributed by atoms with van der Waals surface area (Å²) >= 11 is 0. The molecule has 1 aliphatic rings. The van der Waals surface area contributed by atoms with Gasteiger partial charge in [0.15, 0.2) is 0 Å². The molecule has 5 heteroatoms. The normalized spacial score (nSPS) is 17.4. The van der Waals surface area contributed by atoms with Crippen molar-refractivity contribution in [2.24, 2.45) is 0 Å². The Kier molecular flexibility index (Phi) is 4.47. The summed E-state index contributed by atoms with van der Waals surface area (Å²) in [5, 5.41) is 0. The molecule has 0 saturated heterocycles. The molecule has 0 amide bonds. The van der Waals surface area contributed by atoms with Gasteiger partial charge in [-0.2, -0.15) is 8.42 Å². The second-order valence-electron chi connectivity index (χ2n) is 5.05. The molecule has 0 radical (unpaired) electrons.